The molecule has 0 saturated heterocycles. The fourth-order valence-corrected chi connectivity index (χ4v) is 1.32. The van der Waals surface area contributed by atoms with Crippen molar-refractivity contribution in [1.82, 2.24) is 5.32 Å². The molecule has 0 fully saturated rings. The number of hydrogen-bond donors (Lipinski definition) is 2. The van der Waals surface area contributed by atoms with Gasteiger partial charge in [-0.1, -0.05) is 12.1 Å². The molecule has 1 amide bonds. The molecular formula is C12H19ClN2O2. The highest BCUT2D eigenvalue weighted by molar-refractivity contribution is 5.85. The minimum absolute atomic E-state index is 0. The van der Waals surface area contributed by atoms with Crippen molar-refractivity contribution in [2.24, 2.45) is 5.73 Å². The largest absolute Gasteiger partial charge is 0.497 e. The first-order valence-electron chi connectivity index (χ1n) is 5.29. The summed E-state index contributed by atoms with van der Waals surface area (Å²) in [6.07, 6.45) is 0.773. The maximum Gasteiger partial charge on any atom is 0.236 e. The van der Waals surface area contributed by atoms with Gasteiger partial charge in [0.1, 0.15) is 5.75 Å². The molecule has 0 bridgehead atoms. The molecule has 0 aromatic heterocycles. The number of hydrogen-bond acceptors (Lipinski definition) is 3. The predicted molar refractivity (Wildman–Crippen MR) is 70.6 cm³/mol. The highest BCUT2D eigenvalue weighted by Gasteiger charge is 2.05. The molecule has 0 heterocycles. The number of carbonyl (C=O) groups excluding carboxylic acids is 1. The summed E-state index contributed by atoms with van der Waals surface area (Å²) in [5, 5.41) is 2.76. The van der Waals surface area contributed by atoms with Crippen LogP contribution in [0.2, 0.25) is 0 Å². The molecule has 0 aliphatic carbocycles. The van der Waals surface area contributed by atoms with Crippen LogP contribution in [0.3, 0.4) is 0 Å². The van der Waals surface area contributed by atoms with Gasteiger partial charge in [-0.25, -0.2) is 0 Å². The van der Waals surface area contributed by atoms with Gasteiger partial charge in [-0.2, -0.15) is 0 Å². The summed E-state index contributed by atoms with van der Waals surface area (Å²) >= 11 is 0. The molecule has 5 heteroatoms. The molecule has 1 aromatic rings. The highest BCUT2D eigenvalue weighted by Crippen LogP contribution is 2.12. The van der Waals surface area contributed by atoms with Crippen LogP contribution in [0, 0.1) is 0 Å². The van der Waals surface area contributed by atoms with E-state index in [1.54, 1.807) is 14.0 Å². The van der Waals surface area contributed by atoms with Gasteiger partial charge in [-0.3, -0.25) is 4.79 Å². The zero-order valence-electron chi connectivity index (χ0n) is 10.1. The van der Waals surface area contributed by atoms with E-state index in [0.717, 1.165) is 17.7 Å². The van der Waals surface area contributed by atoms with E-state index in [9.17, 15) is 4.79 Å². The molecule has 96 valence electrons. The molecule has 0 radical (unpaired) electrons. The lowest BCUT2D eigenvalue weighted by atomic mass is 10.1. The van der Waals surface area contributed by atoms with Crippen LogP contribution < -0.4 is 15.8 Å². The van der Waals surface area contributed by atoms with Gasteiger partial charge in [0.25, 0.3) is 0 Å². The van der Waals surface area contributed by atoms with Crippen LogP contribution in [-0.4, -0.2) is 25.6 Å². The van der Waals surface area contributed by atoms with E-state index in [-0.39, 0.29) is 18.3 Å². The van der Waals surface area contributed by atoms with Crippen LogP contribution in [0.1, 0.15) is 12.5 Å². The zero-order valence-corrected chi connectivity index (χ0v) is 10.9. The van der Waals surface area contributed by atoms with E-state index in [4.69, 9.17) is 10.5 Å². The van der Waals surface area contributed by atoms with Crippen molar-refractivity contribution in [2.45, 2.75) is 19.4 Å². The van der Waals surface area contributed by atoms with Crippen LogP contribution in [0.15, 0.2) is 24.3 Å². The van der Waals surface area contributed by atoms with Crippen molar-refractivity contribution in [1.29, 1.82) is 0 Å². The van der Waals surface area contributed by atoms with Crippen LogP contribution in [0.5, 0.6) is 5.75 Å². The first-order valence-corrected chi connectivity index (χ1v) is 5.29. The van der Waals surface area contributed by atoms with Crippen molar-refractivity contribution in [3.63, 3.8) is 0 Å². The number of nitrogens with two attached hydrogens (primary N) is 1. The molecule has 0 aliphatic rings. The summed E-state index contributed by atoms with van der Waals surface area (Å²) in [5.41, 5.74) is 6.56. The van der Waals surface area contributed by atoms with E-state index in [1.165, 1.54) is 0 Å². The molecule has 17 heavy (non-hydrogen) atoms. The Labute approximate surface area is 108 Å². The molecular weight excluding hydrogens is 240 g/mol. The molecule has 0 aliphatic heterocycles. The number of carbonyl (C=O) groups is 1. The minimum Gasteiger partial charge on any atom is -0.497 e. The molecule has 1 aromatic carbocycles. The van der Waals surface area contributed by atoms with Gasteiger partial charge in [-0.15, -0.1) is 12.4 Å². The Bertz CT molecular complexity index is 356. The summed E-state index contributed by atoms with van der Waals surface area (Å²) in [6, 6.07) is 7.33. The monoisotopic (exact) mass is 258 g/mol. The van der Waals surface area contributed by atoms with Crippen molar-refractivity contribution in [3.05, 3.63) is 29.8 Å². The van der Waals surface area contributed by atoms with Crippen LogP contribution in [0.25, 0.3) is 0 Å². The number of amides is 1. The number of rotatable bonds is 5. The standard InChI is InChI=1S/C12H18N2O2.ClH/c1-9(13)12(15)14-7-6-10-4-3-5-11(8-10)16-2;/h3-5,8-9H,6-7,13H2,1-2H3,(H,14,15);1H/t9-;/m0./s1. The van der Waals surface area contributed by atoms with Gasteiger partial charge < -0.3 is 15.8 Å². The maximum atomic E-state index is 11.2. The first kappa shape index (κ1) is 15.7. The average Bonchev–Trinajstić information content (AvgIpc) is 2.29. The predicted octanol–water partition coefficient (Wildman–Crippen LogP) is 1.12. The summed E-state index contributed by atoms with van der Waals surface area (Å²) in [5.74, 6) is 0.707. The first-order chi connectivity index (χ1) is 7.63. The molecule has 1 rings (SSSR count). The Morgan fingerprint density at radius 1 is 1.53 bits per heavy atom. The van der Waals surface area contributed by atoms with E-state index in [0.29, 0.717) is 6.54 Å². The van der Waals surface area contributed by atoms with Gasteiger partial charge in [-0.05, 0) is 31.0 Å². The number of nitrogens with one attached hydrogen (secondary N) is 1. The summed E-state index contributed by atoms with van der Waals surface area (Å²) < 4.78 is 5.11. The average molecular weight is 259 g/mol. The van der Waals surface area contributed by atoms with Crippen molar-refractivity contribution in [3.8, 4) is 5.75 Å². The SMILES string of the molecule is COc1cccc(CCNC(=O)[C@H](C)N)c1.Cl. The summed E-state index contributed by atoms with van der Waals surface area (Å²) in [6.45, 7) is 2.26. The van der Waals surface area contributed by atoms with Crippen molar-refractivity contribution in [2.75, 3.05) is 13.7 Å². The Balaban J connectivity index is 0.00000256. The topological polar surface area (TPSA) is 64.3 Å². The quantitative estimate of drug-likeness (QED) is 0.832. The van der Waals surface area contributed by atoms with E-state index in [2.05, 4.69) is 5.32 Å². The second-order valence-corrected chi connectivity index (χ2v) is 3.68. The number of benzene rings is 1. The molecule has 0 unspecified atom stereocenters. The Morgan fingerprint density at radius 2 is 2.24 bits per heavy atom. The lowest BCUT2D eigenvalue weighted by Gasteiger charge is -2.08. The van der Waals surface area contributed by atoms with Crippen molar-refractivity contribution >= 4 is 18.3 Å². The lowest BCUT2D eigenvalue weighted by Crippen LogP contribution is -2.39. The van der Waals surface area contributed by atoms with Crippen LogP contribution in [0.4, 0.5) is 0 Å². The van der Waals surface area contributed by atoms with Gasteiger partial charge in [0.2, 0.25) is 5.91 Å². The second-order valence-electron chi connectivity index (χ2n) is 3.68. The lowest BCUT2D eigenvalue weighted by molar-refractivity contribution is -0.121. The minimum atomic E-state index is -0.453. The van der Waals surface area contributed by atoms with Crippen molar-refractivity contribution < 1.29 is 9.53 Å². The second kappa shape index (κ2) is 7.92. The van der Waals surface area contributed by atoms with Gasteiger partial charge in [0.05, 0.1) is 13.2 Å². The summed E-state index contributed by atoms with van der Waals surface area (Å²) in [7, 11) is 1.64. The molecule has 4 nitrogen and oxygen atoms in total. The Morgan fingerprint density at radius 3 is 2.82 bits per heavy atom. The molecule has 0 spiro atoms. The summed E-state index contributed by atoms with van der Waals surface area (Å²) in [4.78, 5) is 11.2. The van der Waals surface area contributed by atoms with Crippen LogP contribution in [-0.2, 0) is 11.2 Å². The number of methoxy groups -OCH3 is 1. The van der Waals surface area contributed by atoms with E-state index < -0.39 is 6.04 Å². The fraction of sp³-hybridized carbons (Fsp3) is 0.417. The van der Waals surface area contributed by atoms with Gasteiger partial charge in [0, 0.05) is 6.54 Å². The normalized spacial score (nSPS) is 11.2. The molecule has 0 saturated carbocycles. The number of ether oxygens (including phenoxy) is 1. The Kier molecular flexibility index (Phi) is 7.34. The number of halogens is 1. The third kappa shape index (κ3) is 5.56. The zero-order chi connectivity index (χ0) is 12.0. The van der Waals surface area contributed by atoms with Gasteiger partial charge in [0.15, 0.2) is 0 Å². The third-order valence-corrected chi connectivity index (χ3v) is 2.26. The van der Waals surface area contributed by atoms with E-state index in [1.807, 2.05) is 24.3 Å². The third-order valence-electron chi connectivity index (χ3n) is 2.26. The van der Waals surface area contributed by atoms with Gasteiger partial charge >= 0.3 is 0 Å². The molecule has 1 atom stereocenters. The molecule has 3 N–H and O–H groups in total. The van der Waals surface area contributed by atoms with Crippen LogP contribution >= 0.6 is 12.4 Å². The smallest absolute Gasteiger partial charge is 0.236 e. The Hall–Kier alpha value is -1.26. The maximum absolute atomic E-state index is 11.2. The highest BCUT2D eigenvalue weighted by atomic mass is 35.5. The fourth-order valence-electron chi connectivity index (χ4n) is 1.32. The van der Waals surface area contributed by atoms with E-state index >= 15 is 0 Å².